The van der Waals surface area contributed by atoms with E-state index < -0.39 is 5.91 Å². The third-order valence-corrected chi connectivity index (χ3v) is 5.18. The van der Waals surface area contributed by atoms with Crippen LogP contribution in [0.25, 0.3) is 0 Å². The number of carbonyl (C=O) groups excluding carboxylic acids is 2. The van der Waals surface area contributed by atoms with Crippen LogP contribution in [-0.2, 0) is 4.74 Å². The Morgan fingerprint density at radius 3 is 2.74 bits per heavy atom. The third-order valence-electron chi connectivity index (χ3n) is 5.18. The van der Waals surface area contributed by atoms with Crippen molar-refractivity contribution in [3.63, 3.8) is 0 Å². The van der Waals surface area contributed by atoms with Gasteiger partial charge in [-0.3, -0.25) is 9.69 Å². The number of morpholine rings is 1. The molecule has 2 aliphatic rings. The first-order valence-corrected chi connectivity index (χ1v) is 9.44. The van der Waals surface area contributed by atoms with Gasteiger partial charge in [-0.05, 0) is 37.5 Å². The summed E-state index contributed by atoms with van der Waals surface area (Å²) in [6.45, 7) is 4.92. The number of primary amides is 1. The highest BCUT2D eigenvalue weighted by atomic mass is 16.5. The number of benzene rings is 1. The average Bonchev–Trinajstić information content (AvgIpc) is 2.69. The molecule has 3 amide bonds. The Kier molecular flexibility index (Phi) is 6.52. The number of hydrogen-bond acceptors (Lipinski definition) is 5. The minimum Gasteiger partial charge on any atom is -0.496 e. The number of hydrogen-bond donors (Lipinski definition) is 2. The number of nitrogens with zero attached hydrogens (tertiary/aromatic N) is 2. The van der Waals surface area contributed by atoms with Gasteiger partial charge in [-0.15, -0.1) is 0 Å². The molecule has 3 N–H and O–H groups in total. The molecule has 1 aromatic carbocycles. The van der Waals surface area contributed by atoms with Crippen LogP contribution in [0, 0.1) is 0 Å². The number of amides is 3. The zero-order valence-corrected chi connectivity index (χ0v) is 15.8. The van der Waals surface area contributed by atoms with E-state index in [0.29, 0.717) is 11.4 Å². The molecule has 8 nitrogen and oxygen atoms in total. The summed E-state index contributed by atoms with van der Waals surface area (Å²) in [5, 5.41) is 2.91. The van der Waals surface area contributed by atoms with Gasteiger partial charge in [-0.1, -0.05) is 0 Å². The van der Waals surface area contributed by atoms with E-state index in [9.17, 15) is 9.59 Å². The fourth-order valence-electron chi connectivity index (χ4n) is 3.71. The molecular formula is C19H28N4O4. The molecule has 2 saturated heterocycles. The molecule has 3 rings (SSSR count). The van der Waals surface area contributed by atoms with Crippen molar-refractivity contribution in [2.45, 2.75) is 25.3 Å². The number of likely N-dealkylation sites (tertiary alicyclic amines) is 1. The van der Waals surface area contributed by atoms with Gasteiger partial charge >= 0.3 is 6.03 Å². The molecule has 0 saturated carbocycles. The first-order chi connectivity index (χ1) is 13.1. The molecule has 148 valence electrons. The minimum atomic E-state index is -0.592. The second-order valence-corrected chi connectivity index (χ2v) is 6.97. The Balaban J connectivity index is 1.67. The maximum atomic E-state index is 12.9. The number of nitrogens with two attached hydrogens (primary N) is 1. The van der Waals surface area contributed by atoms with Crippen molar-refractivity contribution in [2.75, 3.05) is 51.8 Å². The van der Waals surface area contributed by atoms with Crippen molar-refractivity contribution < 1.29 is 19.1 Å². The predicted octanol–water partition coefficient (Wildman–Crippen LogP) is 1.51. The van der Waals surface area contributed by atoms with E-state index in [2.05, 4.69) is 10.2 Å². The summed E-state index contributed by atoms with van der Waals surface area (Å²) in [5.41, 5.74) is 6.18. The number of anilines is 1. The Labute approximate surface area is 159 Å². The Hall–Kier alpha value is -2.32. The lowest BCUT2D eigenvalue weighted by Gasteiger charge is -2.39. The number of nitrogens with one attached hydrogen (secondary N) is 1. The predicted molar refractivity (Wildman–Crippen MR) is 102 cm³/mol. The van der Waals surface area contributed by atoms with E-state index in [-0.39, 0.29) is 17.6 Å². The zero-order valence-electron chi connectivity index (χ0n) is 15.8. The Morgan fingerprint density at radius 1 is 1.26 bits per heavy atom. The SMILES string of the molecule is COc1ccc(NC(=O)N2CCCC[C@@H]2CN2CCOCC2)cc1C(N)=O. The maximum Gasteiger partial charge on any atom is 0.322 e. The number of methoxy groups -OCH3 is 1. The largest absolute Gasteiger partial charge is 0.496 e. The summed E-state index contributed by atoms with van der Waals surface area (Å²) < 4.78 is 10.6. The quantitative estimate of drug-likeness (QED) is 0.812. The van der Waals surface area contributed by atoms with Crippen LogP contribution in [0.5, 0.6) is 5.75 Å². The van der Waals surface area contributed by atoms with E-state index >= 15 is 0 Å². The van der Waals surface area contributed by atoms with E-state index in [1.807, 2.05) is 4.90 Å². The lowest BCUT2D eigenvalue weighted by Crippen LogP contribution is -2.52. The fourth-order valence-corrected chi connectivity index (χ4v) is 3.71. The minimum absolute atomic E-state index is 0.145. The number of piperidine rings is 1. The molecule has 27 heavy (non-hydrogen) atoms. The molecule has 2 heterocycles. The highest BCUT2D eigenvalue weighted by molar-refractivity contribution is 5.98. The maximum absolute atomic E-state index is 12.9. The van der Waals surface area contributed by atoms with E-state index in [4.69, 9.17) is 15.2 Å². The number of carbonyl (C=O) groups is 2. The van der Waals surface area contributed by atoms with Crippen LogP contribution in [0.2, 0.25) is 0 Å². The van der Waals surface area contributed by atoms with Gasteiger partial charge in [-0.25, -0.2) is 4.79 Å². The topological polar surface area (TPSA) is 97.1 Å². The molecule has 0 radical (unpaired) electrons. The Bertz CT molecular complexity index is 676. The molecule has 1 aromatic rings. The summed E-state index contributed by atoms with van der Waals surface area (Å²) in [6.07, 6.45) is 3.13. The van der Waals surface area contributed by atoms with Crippen LogP contribution in [0.3, 0.4) is 0 Å². The number of ether oxygens (including phenoxy) is 2. The van der Waals surface area contributed by atoms with Crippen LogP contribution < -0.4 is 15.8 Å². The molecule has 0 spiro atoms. The van der Waals surface area contributed by atoms with E-state index in [1.165, 1.54) is 7.11 Å². The first-order valence-electron chi connectivity index (χ1n) is 9.44. The van der Waals surface area contributed by atoms with Gasteiger partial charge < -0.3 is 25.4 Å². The molecule has 1 atom stereocenters. The summed E-state index contributed by atoms with van der Waals surface area (Å²) in [5.74, 6) is -0.199. The number of rotatable bonds is 5. The molecular weight excluding hydrogens is 348 g/mol. The molecule has 0 aromatic heterocycles. The highest BCUT2D eigenvalue weighted by Crippen LogP contribution is 2.24. The first kappa shape index (κ1) is 19.4. The van der Waals surface area contributed by atoms with Gasteiger partial charge in [0, 0.05) is 37.9 Å². The summed E-state index contributed by atoms with van der Waals surface area (Å²) in [6, 6.07) is 4.94. The molecule has 8 heteroatoms. The highest BCUT2D eigenvalue weighted by Gasteiger charge is 2.29. The van der Waals surface area contributed by atoms with Gasteiger partial charge in [-0.2, -0.15) is 0 Å². The smallest absolute Gasteiger partial charge is 0.322 e. The van der Waals surface area contributed by atoms with Gasteiger partial charge in [0.05, 0.1) is 25.9 Å². The van der Waals surface area contributed by atoms with Crippen LogP contribution >= 0.6 is 0 Å². The van der Waals surface area contributed by atoms with Crippen molar-refractivity contribution in [2.24, 2.45) is 5.73 Å². The second-order valence-electron chi connectivity index (χ2n) is 6.97. The van der Waals surface area contributed by atoms with Gasteiger partial charge in [0.2, 0.25) is 0 Å². The van der Waals surface area contributed by atoms with Gasteiger partial charge in [0.25, 0.3) is 5.91 Å². The van der Waals surface area contributed by atoms with E-state index in [0.717, 1.165) is 58.7 Å². The Morgan fingerprint density at radius 2 is 2.04 bits per heavy atom. The lowest BCUT2D eigenvalue weighted by atomic mass is 10.0. The number of urea groups is 1. The average molecular weight is 376 g/mol. The molecule has 0 bridgehead atoms. The molecule has 0 unspecified atom stereocenters. The zero-order chi connectivity index (χ0) is 19.2. The summed E-state index contributed by atoms with van der Waals surface area (Å²) >= 11 is 0. The van der Waals surface area contributed by atoms with Gasteiger partial charge in [0.1, 0.15) is 5.75 Å². The fraction of sp³-hybridized carbons (Fsp3) is 0.579. The van der Waals surface area contributed by atoms with E-state index in [1.54, 1.807) is 18.2 Å². The third kappa shape index (κ3) is 4.90. The summed E-state index contributed by atoms with van der Waals surface area (Å²) in [7, 11) is 1.48. The van der Waals surface area contributed by atoms with Crippen molar-refractivity contribution >= 4 is 17.6 Å². The van der Waals surface area contributed by atoms with Crippen LogP contribution in [0.4, 0.5) is 10.5 Å². The lowest BCUT2D eigenvalue weighted by molar-refractivity contribution is 0.0229. The van der Waals surface area contributed by atoms with Crippen molar-refractivity contribution in [3.05, 3.63) is 23.8 Å². The molecule has 2 fully saturated rings. The standard InChI is InChI=1S/C19H28N4O4/c1-26-17-6-5-14(12-16(17)18(20)24)21-19(25)23-7-3-2-4-15(23)13-22-8-10-27-11-9-22/h5-6,12,15H,2-4,7-11,13H2,1H3,(H2,20,24)(H,21,25)/t15-/m1/s1. The summed E-state index contributed by atoms with van der Waals surface area (Å²) in [4.78, 5) is 28.7. The normalized spacial score (nSPS) is 20.9. The van der Waals surface area contributed by atoms with Crippen molar-refractivity contribution in [1.82, 2.24) is 9.80 Å². The van der Waals surface area contributed by atoms with Crippen molar-refractivity contribution in [1.29, 1.82) is 0 Å². The second kappa shape index (κ2) is 9.05. The van der Waals surface area contributed by atoms with Crippen LogP contribution in [-0.4, -0.2) is 74.3 Å². The van der Waals surface area contributed by atoms with Crippen LogP contribution in [0.1, 0.15) is 29.6 Å². The molecule has 0 aliphatic carbocycles. The molecule has 2 aliphatic heterocycles. The van der Waals surface area contributed by atoms with Crippen LogP contribution in [0.15, 0.2) is 18.2 Å². The van der Waals surface area contributed by atoms with Gasteiger partial charge in [0.15, 0.2) is 0 Å². The monoisotopic (exact) mass is 376 g/mol. The van der Waals surface area contributed by atoms with Crippen molar-refractivity contribution in [3.8, 4) is 5.75 Å².